The summed E-state index contributed by atoms with van der Waals surface area (Å²) in [6, 6.07) is 0. The van der Waals surface area contributed by atoms with Crippen molar-refractivity contribution < 1.29 is 13.5 Å². The van der Waals surface area contributed by atoms with Crippen LogP contribution < -0.4 is 4.90 Å². The van der Waals surface area contributed by atoms with Gasteiger partial charge in [0.05, 0.1) is 36.4 Å². The van der Waals surface area contributed by atoms with E-state index in [1.165, 1.54) is 0 Å². The van der Waals surface area contributed by atoms with E-state index in [1.807, 2.05) is 27.1 Å². The maximum Gasteiger partial charge on any atom is 0.241 e. The number of rotatable bonds is 4. The average Bonchev–Trinajstić information content (AvgIpc) is 3.14. The molecule has 164 valence electrons. The molecule has 3 aromatic heterocycles. The summed E-state index contributed by atoms with van der Waals surface area (Å²) in [6.45, 7) is 5.55. The first-order valence-corrected chi connectivity index (χ1v) is 10.5. The van der Waals surface area contributed by atoms with E-state index in [1.54, 1.807) is 10.9 Å². The second-order valence-electron chi connectivity index (χ2n) is 8.49. The molecule has 4 heterocycles. The quantitative estimate of drug-likeness (QED) is 0.630. The molecule has 1 saturated heterocycles. The van der Waals surface area contributed by atoms with Crippen molar-refractivity contribution in [2.75, 3.05) is 24.6 Å². The zero-order valence-electron chi connectivity index (χ0n) is 17.8. The first-order valence-electron chi connectivity index (χ1n) is 10.5. The normalized spacial score (nSPS) is 24.1. The van der Waals surface area contributed by atoms with E-state index in [4.69, 9.17) is 14.7 Å². The van der Waals surface area contributed by atoms with Crippen LogP contribution in [0.25, 0.3) is 11.2 Å². The molecule has 8 nitrogen and oxygen atoms in total. The van der Waals surface area contributed by atoms with Crippen molar-refractivity contribution in [2.24, 2.45) is 13.0 Å². The Hall–Kier alpha value is -2.75. The Bertz CT molecular complexity index is 1110. The molecule has 5 rings (SSSR count). The van der Waals surface area contributed by atoms with Crippen LogP contribution in [0, 0.1) is 19.8 Å². The fourth-order valence-corrected chi connectivity index (χ4v) is 4.28. The molecule has 0 radical (unpaired) electrons. The molecule has 2 fully saturated rings. The SMILES string of the molecule is Cc1nc2nc(N3CCO[C@@H](c4cnn(C)c4)C3)nc([C@H]3C[C@@H](C(F)F)C3)c2nc1C. The number of hydrogen-bond donors (Lipinski definition) is 0. The first-order chi connectivity index (χ1) is 14.9. The Kier molecular flexibility index (Phi) is 5.04. The number of halogens is 2. The third kappa shape index (κ3) is 3.73. The maximum absolute atomic E-state index is 13.1. The predicted molar refractivity (Wildman–Crippen MR) is 110 cm³/mol. The summed E-state index contributed by atoms with van der Waals surface area (Å²) >= 11 is 0. The maximum atomic E-state index is 13.1. The van der Waals surface area contributed by atoms with Gasteiger partial charge in [0.1, 0.15) is 11.6 Å². The van der Waals surface area contributed by atoms with Gasteiger partial charge in [0.15, 0.2) is 5.65 Å². The van der Waals surface area contributed by atoms with E-state index in [0.29, 0.717) is 49.7 Å². The molecule has 10 heteroatoms. The van der Waals surface area contributed by atoms with Crippen LogP contribution in [-0.4, -0.2) is 55.8 Å². The highest BCUT2D eigenvalue weighted by atomic mass is 19.3. The lowest BCUT2D eigenvalue weighted by Crippen LogP contribution is -2.39. The zero-order chi connectivity index (χ0) is 21.7. The lowest BCUT2D eigenvalue weighted by Gasteiger charge is -2.36. The van der Waals surface area contributed by atoms with Crippen molar-refractivity contribution in [3.05, 3.63) is 35.0 Å². The number of ether oxygens (including phenoxy) is 1. The summed E-state index contributed by atoms with van der Waals surface area (Å²) in [4.78, 5) is 20.9. The topological polar surface area (TPSA) is 81.9 Å². The highest BCUT2D eigenvalue weighted by molar-refractivity contribution is 5.75. The third-order valence-corrected chi connectivity index (χ3v) is 6.32. The summed E-state index contributed by atoms with van der Waals surface area (Å²) in [5.41, 5.74) is 4.49. The van der Waals surface area contributed by atoms with Crippen LogP contribution in [0.2, 0.25) is 0 Å². The summed E-state index contributed by atoms with van der Waals surface area (Å²) in [5.74, 6) is -0.0659. The second kappa shape index (κ2) is 7.74. The van der Waals surface area contributed by atoms with Gasteiger partial charge >= 0.3 is 0 Å². The number of morpholine rings is 1. The minimum atomic E-state index is -2.29. The molecule has 0 aromatic carbocycles. The molecule has 1 saturated carbocycles. The van der Waals surface area contributed by atoms with Crippen molar-refractivity contribution in [3.8, 4) is 0 Å². The van der Waals surface area contributed by atoms with Gasteiger partial charge in [0.2, 0.25) is 12.4 Å². The smallest absolute Gasteiger partial charge is 0.241 e. The highest BCUT2D eigenvalue weighted by Gasteiger charge is 2.39. The lowest BCUT2D eigenvalue weighted by molar-refractivity contribution is 0.0220. The Labute approximate surface area is 178 Å². The molecule has 0 unspecified atom stereocenters. The number of nitrogens with zero attached hydrogens (tertiary/aromatic N) is 7. The number of fused-ring (bicyclic) bond motifs is 1. The second-order valence-corrected chi connectivity index (χ2v) is 8.49. The Morgan fingerprint density at radius 1 is 1.10 bits per heavy atom. The van der Waals surface area contributed by atoms with Gasteiger partial charge in [0, 0.05) is 37.2 Å². The van der Waals surface area contributed by atoms with Crippen molar-refractivity contribution in [1.29, 1.82) is 0 Å². The van der Waals surface area contributed by atoms with Crippen molar-refractivity contribution in [3.63, 3.8) is 0 Å². The van der Waals surface area contributed by atoms with Gasteiger partial charge in [-0.25, -0.2) is 23.7 Å². The van der Waals surface area contributed by atoms with Crippen LogP contribution >= 0.6 is 0 Å². The van der Waals surface area contributed by atoms with E-state index in [9.17, 15) is 8.78 Å². The lowest BCUT2D eigenvalue weighted by atomic mass is 9.73. The standard InChI is InChI=1S/C21H25F2N7O/c1-11-12(2)26-20-18(25-11)17(13-6-14(7-13)19(22)23)27-21(28-20)30-4-5-31-16(10-30)15-8-24-29(3)9-15/h8-9,13-14,16,19H,4-7,10H2,1-3H3/t13-,14+,16-/m1/s1. The molecule has 0 N–H and O–H groups in total. The van der Waals surface area contributed by atoms with Gasteiger partial charge in [-0.3, -0.25) is 4.68 Å². The minimum absolute atomic E-state index is 0.0465. The number of aryl methyl sites for hydroxylation is 3. The molecule has 0 amide bonds. The van der Waals surface area contributed by atoms with Crippen LogP contribution in [0.15, 0.2) is 12.4 Å². The molecule has 3 aromatic rings. The van der Waals surface area contributed by atoms with Crippen LogP contribution in [0.5, 0.6) is 0 Å². The fraction of sp³-hybridized carbons (Fsp3) is 0.571. The van der Waals surface area contributed by atoms with Crippen molar-refractivity contribution in [1.82, 2.24) is 29.7 Å². The molecule has 1 aliphatic heterocycles. The highest BCUT2D eigenvalue weighted by Crippen LogP contribution is 2.45. The molecule has 0 bridgehead atoms. The number of aromatic nitrogens is 6. The molecule has 1 aliphatic carbocycles. The van der Waals surface area contributed by atoms with Crippen LogP contribution in [0.4, 0.5) is 14.7 Å². The van der Waals surface area contributed by atoms with E-state index in [0.717, 1.165) is 22.6 Å². The molecular formula is C21H25F2N7O. The first kappa shape index (κ1) is 20.2. The largest absolute Gasteiger partial charge is 0.370 e. The summed E-state index contributed by atoms with van der Waals surface area (Å²) in [7, 11) is 1.87. The molecular weight excluding hydrogens is 404 g/mol. The van der Waals surface area contributed by atoms with Gasteiger partial charge in [-0.2, -0.15) is 10.1 Å². The Balaban J connectivity index is 1.50. The van der Waals surface area contributed by atoms with Gasteiger partial charge in [-0.15, -0.1) is 0 Å². The Morgan fingerprint density at radius 3 is 2.58 bits per heavy atom. The van der Waals surface area contributed by atoms with E-state index in [-0.39, 0.29) is 12.0 Å². The van der Waals surface area contributed by atoms with E-state index in [2.05, 4.69) is 20.0 Å². The zero-order valence-corrected chi connectivity index (χ0v) is 17.8. The van der Waals surface area contributed by atoms with Crippen LogP contribution in [0.1, 0.15) is 47.5 Å². The molecule has 1 atom stereocenters. The molecule has 31 heavy (non-hydrogen) atoms. The minimum Gasteiger partial charge on any atom is -0.370 e. The Morgan fingerprint density at radius 2 is 1.87 bits per heavy atom. The summed E-state index contributed by atoms with van der Waals surface area (Å²) in [5, 5.41) is 4.23. The molecule has 0 spiro atoms. The van der Waals surface area contributed by atoms with Crippen molar-refractivity contribution in [2.45, 2.75) is 45.1 Å². The monoisotopic (exact) mass is 429 g/mol. The number of alkyl halides is 2. The van der Waals surface area contributed by atoms with Crippen LogP contribution in [-0.2, 0) is 11.8 Å². The van der Waals surface area contributed by atoms with Crippen LogP contribution in [0.3, 0.4) is 0 Å². The summed E-state index contributed by atoms with van der Waals surface area (Å²) in [6.07, 6.45) is 2.15. The predicted octanol–water partition coefficient (Wildman–Crippen LogP) is 3.11. The van der Waals surface area contributed by atoms with Gasteiger partial charge < -0.3 is 9.64 Å². The van der Waals surface area contributed by atoms with E-state index < -0.39 is 12.3 Å². The summed E-state index contributed by atoms with van der Waals surface area (Å²) < 4.78 is 33.9. The number of hydrogen-bond acceptors (Lipinski definition) is 7. The van der Waals surface area contributed by atoms with E-state index >= 15 is 0 Å². The van der Waals surface area contributed by atoms with Gasteiger partial charge in [-0.1, -0.05) is 0 Å². The number of anilines is 1. The fourth-order valence-electron chi connectivity index (χ4n) is 4.28. The van der Waals surface area contributed by atoms with Gasteiger partial charge in [-0.05, 0) is 26.7 Å². The van der Waals surface area contributed by atoms with Gasteiger partial charge in [0.25, 0.3) is 0 Å². The van der Waals surface area contributed by atoms with Crippen molar-refractivity contribution >= 4 is 17.1 Å². The average molecular weight is 429 g/mol. The third-order valence-electron chi connectivity index (χ3n) is 6.32. The molecule has 2 aliphatic rings.